The molecule has 1 amide bonds. The summed E-state index contributed by atoms with van der Waals surface area (Å²) in [6, 6.07) is 3.48. The fourth-order valence-electron chi connectivity index (χ4n) is 0.883. The minimum Gasteiger partial charge on any atom is -0.396 e. The lowest BCUT2D eigenvalue weighted by molar-refractivity contribution is -0.126. The number of nitrogen functional groups attached to an aromatic ring is 1. The Morgan fingerprint density at radius 1 is 1.64 bits per heavy atom. The maximum atomic E-state index is 11.2. The number of nitrogens with zero attached hydrogens (tertiary/aromatic N) is 2. The summed E-state index contributed by atoms with van der Waals surface area (Å²) in [5, 5.41) is 2.87. The molecule has 0 bridgehead atoms. The number of anilines is 2. The van der Waals surface area contributed by atoms with Crippen LogP contribution in [0.5, 0.6) is 0 Å². The lowest BCUT2D eigenvalue weighted by atomic mass is 10.4. The number of carbonyl (C=O) groups is 1. The van der Waals surface area contributed by atoms with E-state index >= 15 is 0 Å². The maximum absolute atomic E-state index is 11.2. The fourth-order valence-corrected chi connectivity index (χ4v) is 0.883. The summed E-state index contributed by atoms with van der Waals surface area (Å²) in [7, 11) is 3.40. The van der Waals surface area contributed by atoms with Gasteiger partial charge in [-0.2, -0.15) is 0 Å². The highest BCUT2D eigenvalue weighted by molar-refractivity contribution is 5.81. The Morgan fingerprint density at radius 2 is 2.36 bits per heavy atom. The zero-order valence-electron chi connectivity index (χ0n) is 8.32. The van der Waals surface area contributed by atoms with Gasteiger partial charge in [0.25, 0.3) is 0 Å². The summed E-state index contributed by atoms with van der Waals surface area (Å²) in [6.07, 6.45) is 1.62. The highest BCUT2D eigenvalue weighted by atomic mass is 16.2. The van der Waals surface area contributed by atoms with Crippen LogP contribution in [-0.4, -0.2) is 36.4 Å². The molecule has 14 heavy (non-hydrogen) atoms. The molecule has 0 unspecified atom stereocenters. The van der Waals surface area contributed by atoms with Gasteiger partial charge in [-0.05, 0) is 12.1 Å². The molecule has 5 nitrogen and oxygen atoms in total. The number of carbonyl (C=O) groups excluding carboxylic acids is 1. The summed E-state index contributed by atoms with van der Waals surface area (Å²) in [5.41, 5.74) is 6.17. The SMILES string of the molecule is CN(C)C(=O)CNc1ncccc1N. The molecule has 1 heterocycles. The van der Waals surface area contributed by atoms with Gasteiger partial charge in [0.2, 0.25) is 5.91 Å². The second-order valence-corrected chi connectivity index (χ2v) is 3.08. The first-order chi connectivity index (χ1) is 6.61. The van der Waals surface area contributed by atoms with E-state index in [1.807, 2.05) is 0 Å². The lowest BCUT2D eigenvalue weighted by Gasteiger charge is -2.11. The number of hydrogen-bond donors (Lipinski definition) is 2. The molecule has 0 aliphatic carbocycles. The molecule has 3 N–H and O–H groups in total. The van der Waals surface area contributed by atoms with Crippen LogP contribution in [0.1, 0.15) is 0 Å². The molecule has 0 atom stereocenters. The van der Waals surface area contributed by atoms with Crippen molar-refractivity contribution in [2.75, 3.05) is 31.7 Å². The monoisotopic (exact) mass is 194 g/mol. The number of rotatable bonds is 3. The Hall–Kier alpha value is -1.78. The third-order valence-corrected chi connectivity index (χ3v) is 1.74. The molecule has 1 rings (SSSR count). The van der Waals surface area contributed by atoms with E-state index < -0.39 is 0 Å². The Kier molecular flexibility index (Phi) is 3.28. The number of pyridine rings is 1. The topological polar surface area (TPSA) is 71.2 Å². The van der Waals surface area contributed by atoms with Gasteiger partial charge in [0.05, 0.1) is 12.2 Å². The maximum Gasteiger partial charge on any atom is 0.241 e. The number of nitrogens with two attached hydrogens (primary N) is 1. The first-order valence-electron chi connectivity index (χ1n) is 4.26. The van der Waals surface area contributed by atoms with Crippen molar-refractivity contribution in [3.05, 3.63) is 18.3 Å². The van der Waals surface area contributed by atoms with Gasteiger partial charge in [-0.1, -0.05) is 0 Å². The minimum atomic E-state index is -0.0185. The van der Waals surface area contributed by atoms with Gasteiger partial charge in [0, 0.05) is 20.3 Å². The summed E-state index contributed by atoms with van der Waals surface area (Å²) in [6.45, 7) is 0.203. The second kappa shape index (κ2) is 4.45. The van der Waals surface area contributed by atoms with Crippen LogP contribution in [0.4, 0.5) is 11.5 Å². The Bertz CT molecular complexity index is 324. The zero-order valence-corrected chi connectivity index (χ0v) is 8.32. The number of likely N-dealkylation sites (N-methyl/N-ethyl adjacent to an activating group) is 1. The highest BCUT2D eigenvalue weighted by Gasteiger charge is 2.04. The third kappa shape index (κ3) is 2.62. The third-order valence-electron chi connectivity index (χ3n) is 1.74. The van der Waals surface area contributed by atoms with Crippen molar-refractivity contribution in [1.29, 1.82) is 0 Å². The van der Waals surface area contributed by atoms with E-state index in [0.29, 0.717) is 11.5 Å². The molecule has 0 saturated carbocycles. The fraction of sp³-hybridized carbons (Fsp3) is 0.333. The molecule has 76 valence electrons. The zero-order chi connectivity index (χ0) is 10.6. The van der Waals surface area contributed by atoms with Crippen LogP contribution >= 0.6 is 0 Å². The van der Waals surface area contributed by atoms with Gasteiger partial charge in [-0.15, -0.1) is 0 Å². The summed E-state index contributed by atoms with van der Waals surface area (Å²) in [4.78, 5) is 16.7. The van der Waals surface area contributed by atoms with Gasteiger partial charge in [0.1, 0.15) is 5.82 Å². The average molecular weight is 194 g/mol. The largest absolute Gasteiger partial charge is 0.396 e. The molecule has 0 radical (unpaired) electrons. The van der Waals surface area contributed by atoms with Crippen molar-refractivity contribution in [2.45, 2.75) is 0 Å². The lowest BCUT2D eigenvalue weighted by Crippen LogP contribution is -2.29. The van der Waals surface area contributed by atoms with Crippen molar-refractivity contribution in [2.24, 2.45) is 0 Å². The number of nitrogens with one attached hydrogen (secondary N) is 1. The van der Waals surface area contributed by atoms with Crippen LogP contribution in [0.2, 0.25) is 0 Å². The smallest absolute Gasteiger partial charge is 0.241 e. The molecule has 0 aliphatic rings. The van der Waals surface area contributed by atoms with Crippen molar-refractivity contribution < 1.29 is 4.79 Å². The molecule has 1 aromatic rings. The summed E-state index contributed by atoms with van der Waals surface area (Å²) in [5.74, 6) is 0.526. The van der Waals surface area contributed by atoms with Gasteiger partial charge in [-0.25, -0.2) is 4.98 Å². The van der Waals surface area contributed by atoms with E-state index in [2.05, 4.69) is 10.3 Å². The predicted molar refractivity (Wildman–Crippen MR) is 55.8 cm³/mol. The average Bonchev–Trinajstić information content (AvgIpc) is 2.16. The van der Waals surface area contributed by atoms with E-state index in [9.17, 15) is 4.79 Å². The van der Waals surface area contributed by atoms with Crippen LogP contribution in [0.25, 0.3) is 0 Å². The predicted octanol–water partition coefficient (Wildman–Crippen LogP) is 0.164. The molecule has 0 aromatic carbocycles. The molecule has 0 spiro atoms. The van der Waals surface area contributed by atoms with Crippen molar-refractivity contribution >= 4 is 17.4 Å². The van der Waals surface area contributed by atoms with Crippen molar-refractivity contribution in [3.63, 3.8) is 0 Å². The molecule has 1 aromatic heterocycles. The molecule has 0 saturated heterocycles. The summed E-state index contributed by atoms with van der Waals surface area (Å²) >= 11 is 0. The number of amides is 1. The molecular weight excluding hydrogens is 180 g/mol. The Morgan fingerprint density at radius 3 is 2.93 bits per heavy atom. The van der Waals surface area contributed by atoms with Crippen molar-refractivity contribution in [3.8, 4) is 0 Å². The van der Waals surface area contributed by atoms with E-state index in [1.54, 1.807) is 32.4 Å². The van der Waals surface area contributed by atoms with E-state index in [-0.39, 0.29) is 12.5 Å². The van der Waals surface area contributed by atoms with Crippen LogP contribution in [-0.2, 0) is 4.79 Å². The molecule has 0 aliphatic heterocycles. The van der Waals surface area contributed by atoms with Crippen LogP contribution in [0.15, 0.2) is 18.3 Å². The molecule has 5 heteroatoms. The van der Waals surface area contributed by atoms with Gasteiger partial charge >= 0.3 is 0 Å². The molecular formula is C9H14N4O. The second-order valence-electron chi connectivity index (χ2n) is 3.08. The number of hydrogen-bond acceptors (Lipinski definition) is 4. The molecule has 0 fully saturated rings. The Labute approximate surface area is 82.9 Å². The van der Waals surface area contributed by atoms with E-state index in [1.165, 1.54) is 4.90 Å². The van der Waals surface area contributed by atoms with Gasteiger partial charge < -0.3 is 16.0 Å². The van der Waals surface area contributed by atoms with E-state index in [4.69, 9.17) is 5.73 Å². The first kappa shape index (κ1) is 10.3. The highest BCUT2D eigenvalue weighted by Crippen LogP contribution is 2.11. The van der Waals surface area contributed by atoms with E-state index in [0.717, 1.165) is 0 Å². The quantitative estimate of drug-likeness (QED) is 0.719. The Balaban J connectivity index is 2.54. The van der Waals surface area contributed by atoms with Crippen molar-refractivity contribution in [1.82, 2.24) is 9.88 Å². The van der Waals surface area contributed by atoms with Gasteiger partial charge in [-0.3, -0.25) is 4.79 Å². The minimum absolute atomic E-state index is 0.0185. The normalized spacial score (nSPS) is 9.57. The standard InChI is InChI=1S/C9H14N4O/c1-13(2)8(14)6-12-9-7(10)4-3-5-11-9/h3-5H,6,10H2,1-2H3,(H,11,12). The van der Waals surface area contributed by atoms with Crippen LogP contribution in [0.3, 0.4) is 0 Å². The van der Waals surface area contributed by atoms with Gasteiger partial charge in [0.15, 0.2) is 0 Å². The first-order valence-corrected chi connectivity index (χ1v) is 4.26. The summed E-state index contributed by atoms with van der Waals surface area (Å²) < 4.78 is 0. The number of aromatic nitrogens is 1. The van der Waals surface area contributed by atoms with Crippen LogP contribution in [0, 0.1) is 0 Å². The van der Waals surface area contributed by atoms with Crippen LogP contribution < -0.4 is 11.1 Å².